The number of likely N-dealkylation sites (tertiary alicyclic amines) is 1. The Kier molecular flexibility index (Phi) is 7.47. The molecule has 3 rings (SSSR count). The second-order valence-electron chi connectivity index (χ2n) is 7.42. The monoisotopic (exact) mass is 432 g/mol. The number of rotatable bonds is 8. The lowest BCUT2D eigenvalue weighted by atomic mass is 9.97. The van der Waals surface area contributed by atoms with Crippen molar-refractivity contribution >= 4 is 16.1 Å². The van der Waals surface area contributed by atoms with Gasteiger partial charge < -0.3 is 14.4 Å². The second-order valence-corrected chi connectivity index (χ2v) is 9.20. The number of nitrogens with one attached hydrogen (secondary N) is 1. The van der Waals surface area contributed by atoms with Crippen LogP contribution in [0.5, 0.6) is 0 Å². The third kappa shape index (κ3) is 6.04. The topological polar surface area (TPSA) is 84.9 Å². The number of methoxy groups -OCH3 is 1. The predicted molar refractivity (Wildman–Crippen MR) is 116 cm³/mol. The molecule has 0 aliphatic carbocycles. The lowest BCUT2D eigenvalue weighted by Gasteiger charge is -2.28. The Morgan fingerprint density at radius 3 is 2.53 bits per heavy atom. The Labute approximate surface area is 178 Å². The Balaban J connectivity index is 1.81. The van der Waals surface area contributed by atoms with Crippen LogP contribution in [0.15, 0.2) is 54.6 Å². The van der Waals surface area contributed by atoms with Crippen molar-refractivity contribution in [2.24, 2.45) is 0 Å². The van der Waals surface area contributed by atoms with Crippen LogP contribution >= 0.6 is 0 Å². The molecule has 0 aromatic heterocycles. The first-order valence-electron chi connectivity index (χ1n) is 9.91. The maximum absolute atomic E-state index is 12.6. The molecule has 7 nitrogen and oxygen atoms in total. The van der Waals surface area contributed by atoms with E-state index in [2.05, 4.69) is 10.8 Å². The van der Waals surface area contributed by atoms with E-state index in [1.54, 1.807) is 4.90 Å². The van der Waals surface area contributed by atoms with E-state index in [1.807, 2.05) is 48.5 Å². The molecule has 1 heterocycles. The molecule has 30 heavy (non-hydrogen) atoms. The molecule has 2 atom stereocenters. The molecule has 0 saturated carbocycles. The lowest BCUT2D eigenvalue weighted by Crippen LogP contribution is -2.47. The maximum Gasteiger partial charge on any atom is 0.410 e. The molecule has 1 aliphatic heterocycles. The predicted octanol–water partition coefficient (Wildman–Crippen LogP) is 2.67. The van der Waals surface area contributed by atoms with Gasteiger partial charge in [0.15, 0.2) is 0 Å². The van der Waals surface area contributed by atoms with Gasteiger partial charge in [-0.3, -0.25) is 0 Å². The van der Waals surface area contributed by atoms with Crippen molar-refractivity contribution in [1.82, 2.24) is 9.62 Å². The molecule has 2 aromatic rings. The minimum atomic E-state index is -3.40. The van der Waals surface area contributed by atoms with Gasteiger partial charge in [0.25, 0.3) is 0 Å². The zero-order valence-corrected chi connectivity index (χ0v) is 18.1. The maximum atomic E-state index is 12.6. The second kappa shape index (κ2) is 10.1. The van der Waals surface area contributed by atoms with E-state index in [-0.39, 0.29) is 18.7 Å². The van der Waals surface area contributed by atoms with Gasteiger partial charge in [-0.15, -0.1) is 0 Å². The zero-order chi connectivity index (χ0) is 21.6. The van der Waals surface area contributed by atoms with E-state index < -0.39 is 16.1 Å². The molecule has 1 aliphatic rings. The summed E-state index contributed by atoms with van der Waals surface area (Å²) in [5, 5.41) is 0. The molecule has 1 amide bonds. The molecule has 2 unspecified atom stereocenters. The highest BCUT2D eigenvalue weighted by atomic mass is 32.2. The Bertz CT molecular complexity index is 949. The van der Waals surface area contributed by atoms with Crippen LogP contribution in [0.1, 0.15) is 12.0 Å². The number of sulfonamides is 1. The minimum Gasteiger partial charge on any atom is -0.447 e. The highest BCUT2D eigenvalue weighted by molar-refractivity contribution is 7.88. The van der Waals surface area contributed by atoms with Crippen molar-refractivity contribution < 1.29 is 22.7 Å². The lowest BCUT2D eigenvalue weighted by molar-refractivity contribution is 0.0680. The number of amides is 1. The van der Waals surface area contributed by atoms with E-state index in [0.29, 0.717) is 26.0 Å². The molecule has 162 valence electrons. The summed E-state index contributed by atoms with van der Waals surface area (Å²) in [4.78, 5) is 14.2. The third-order valence-electron chi connectivity index (χ3n) is 5.14. The van der Waals surface area contributed by atoms with Crippen molar-refractivity contribution in [1.29, 1.82) is 0 Å². The number of carbonyl (C=O) groups is 1. The molecular formula is C22H28N2O5S. The minimum absolute atomic E-state index is 0.159. The third-order valence-corrected chi connectivity index (χ3v) is 5.87. The van der Waals surface area contributed by atoms with Gasteiger partial charge >= 0.3 is 6.09 Å². The summed E-state index contributed by atoms with van der Waals surface area (Å²) in [6, 6.07) is 17.4. The fraction of sp³-hybridized carbons (Fsp3) is 0.409. The molecule has 0 spiro atoms. The Morgan fingerprint density at radius 2 is 1.83 bits per heavy atom. The number of carbonyl (C=O) groups excluding carboxylic acids is 1. The van der Waals surface area contributed by atoms with Gasteiger partial charge in [0, 0.05) is 19.7 Å². The smallest absolute Gasteiger partial charge is 0.410 e. The average molecular weight is 433 g/mol. The van der Waals surface area contributed by atoms with Crippen LogP contribution in [-0.2, 0) is 25.9 Å². The number of hydrogen-bond acceptors (Lipinski definition) is 5. The summed E-state index contributed by atoms with van der Waals surface area (Å²) in [5.41, 5.74) is 3.21. The van der Waals surface area contributed by atoms with Crippen LogP contribution in [-0.4, -0.2) is 64.6 Å². The quantitative estimate of drug-likeness (QED) is 0.649. The van der Waals surface area contributed by atoms with E-state index in [0.717, 1.165) is 22.9 Å². The van der Waals surface area contributed by atoms with Crippen LogP contribution in [0.3, 0.4) is 0 Å². The van der Waals surface area contributed by atoms with Gasteiger partial charge in [-0.2, -0.15) is 0 Å². The van der Waals surface area contributed by atoms with Gasteiger partial charge in [-0.05, 0) is 29.5 Å². The van der Waals surface area contributed by atoms with Crippen LogP contribution in [0.2, 0.25) is 0 Å². The van der Waals surface area contributed by atoms with Crippen molar-refractivity contribution in [3.8, 4) is 11.1 Å². The van der Waals surface area contributed by atoms with Crippen molar-refractivity contribution in [2.75, 3.05) is 33.1 Å². The van der Waals surface area contributed by atoms with Crippen molar-refractivity contribution in [2.45, 2.75) is 24.9 Å². The average Bonchev–Trinajstić information content (AvgIpc) is 3.09. The fourth-order valence-corrected chi connectivity index (χ4v) is 4.62. The summed E-state index contributed by atoms with van der Waals surface area (Å²) in [5.74, 6) is 0. The van der Waals surface area contributed by atoms with Crippen LogP contribution in [0.4, 0.5) is 4.79 Å². The molecule has 8 heteroatoms. The van der Waals surface area contributed by atoms with Crippen LogP contribution in [0, 0.1) is 0 Å². The summed E-state index contributed by atoms with van der Waals surface area (Å²) >= 11 is 0. The molecule has 1 saturated heterocycles. The molecule has 1 N–H and O–H groups in total. The van der Waals surface area contributed by atoms with Crippen LogP contribution in [0.25, 0.3) is 11.1 Å². The number of benzene rings is 2. The summed E-state index contributed by atoms with van der Waals surface area (Å²) in [6.07, 6.45) is 1.75. The zero-order valence-electron chi connectivity index (χ0n) is 17.3. The van der Waals surface area contributed by atoms with E-state index in [1.165, 1.54) is 7.11 Å². The first kappa shape index (κ1) is 22.3. The van der Waals surface area contributed by atoms with E-state index >= 15 is 0 Å². The summed E-state index contributed by atoms with van der Waals surface area (Å²) in [7, 11) is -1.86. The first-order chi connectivity index (χ1) is 14.4. The summed E-state index contributed by atoms with van der Waals surface area (Å²) < 4.78 is 36.6. The normalized spacial score (nSPS) is 19.1. The fourth-order valence-electron chi connectivity index (χ4n) is 3.79. The SMILES string of the molecule is COCCOC(=O)N1CCC(NS(C)(=O)=O)C1Cc1cccc(-c2ccccc2)c1. The molecule has 1 fully saturated rings. The van der Waals surface area contributed by atoms with Crippen LogP contribution < -0.4 is 4.72 Å². The summed E-state index contributed by atoms with van der Waals surface area (Å²) in [6.45, 7) is 0.905. The number of hydrogen-bond donors (Lipinski definition) is 1. The van der Waals surface area contributed by atoms with Gasteiger partial charge in [0.1, 0.15) is 6.61 Å². The van der Waals surface area contributed by atoms with Gasteiger partial charge in [-0.25, -0.2) is 17.9 Å². The van der Waals surface area contributed by atoms with E-state index in [9.17, 15) is 13.2 Å². The first-order valence-corrected chi connectivity index (χ1v) is 11.8. The van der Waals surface area contributed by atoms with Gasteiger partial charge in [0.2, 0.25) is 10.0 Å². The number of ether oxygens (including phenoxy) is 2. The highest BCUT2D eigenvalue weighted by Gasteiger charge is 2.39. The Morgan fingerprint density at radius 1 is 1.10 bits per heavy atom. The van der Waals surface area contributed by atoms with E-state index in [4.69, 9.17) is 9.47 Å². The molecule has 2 aromatic carbocycles. The molecule has 0 bridgehead atoms. The Hall–Kier alpha value is -2.42. The van der Waals surface area contributed by atoms with Crippen molar-refractivity contribution in [3.05, 3.63) is 60.2 Å². The highest BCUT2D eigenvalue weighted by Crippen LogP contribution is 2.26. The van der Waals surface area contributed by atoms with Gasteiger partial charge in [0.05, 0.1) is 18.9 Å². The number of nitrogens with zero attached hydrogens (tertiary/aromatic N) is 1. The van der Waals surface area contributed by atoms with Gasteiger partial charge in [-0.1, -0.05) is 54.6 Å². The largest absolute Gasteiger partial charge is 0.447 e. The molecule has 0 radical (unpaired) electrons. The van der Waals surface area contributed by atoms with Crippen molar-refractivity contribution in [3.63, 3.8) is 0 Å². The standard InChI is InChI=1S/C22H28N2O5S/c1-28-13-14-29-22(25)24-12-11-20(23-30(2,26)27)21(24)16-17-7-6-10-19(15-17)18-8-4-3-5-9-18/h3-10,15,20-21,23H,11-14,16H2,1-2H3. The molecular weight excluding hydrogens is 404 g/mol.